The normalized spacial score (nSPS) is 15.4. The van der Waals surface area contributed by atoms with E-state index in [-0.39, 0.29) is 43.5 Å². The number of aliphatic hydroxyl groups excluding tert-OH is 1. The molecule has 1 heterocycles. The number of nitrogens with zero attached hydrogens (tertiary/aromatic N) is 1. The molecule has 1 atom stereocenters. The SMILES string of the molecule is CCCOCc1ccc(CC(=O)O)c(NC(=O)CCCCN2C(=O)CC(S)C2=O)c1.CO. The minimum Gasteiger partial charge on any atom is -0.481 e. The van der Waals surface area contributed by atoms with E-state index in [4.69, 9.17) is 14.9 Å². The first-order valence-electron chi connectivity index (χ1n) is 10.5. The van der Waals surface area contributed by atoms with E-state index in [0.29, 0.717) is 37.3 Å². The Morgan fingerprint density at radius 1 is 1.25 bits per heavy atom. The van der Waals surface area contributed by atoms with Crippen molar-refractivity contribution in [3.8, 4) is 0 Å². The first kappa shape index (κ1) is 27.6. The van der Waals surface area contributed by atoms with Gasteiger partial charge in [-0.05, 0) is 36.5 Å². The van der Waals surface area contributed by atoms with E-state index in [9.17, 15) is 19.2 Å². The Morgan fingerprint density at radius 2 is 1.97 bits per heavy atom. The highest BCUT2D eigenvalue weighted by Crippen LogP contribution is 2.21. The van der Waals surface area contributed by atoms with Crippen molar-refractivity contribution in [3.63, 3.8) is 0 Å². The van der Waals surface area contributed by atoms with Crippen molar-refractivity contribution in [2.75, 3.05) is 25.6 Å². The van der Waals surface area contributed by atoms with Gasteiger partial charge in [0.25, 0.3) is 0 Å². The molecule has 1 saturated heterocycles. The van der Waals surface area contributed by atoms with Crippen molar-refractivity contribution < 1.29 is 34.1 Å². The number of nitrogens with one attached hydrogen (secondary N) is 1. The van der Waals surface area contributed by atoms with Gasteiger partial charge in [0, 0.05) is 38.8 Å². The second-order valence-corrected chi connectivity index (χ2v) is 7.85. The topological polar surface area (TPSA) is 133 Å². The van der Waals surface area contributed by atoms with Gasteiger partial charge in [0.1, 0.15) is 0 Å². The number of thiol groups is 1. The fourth-order valence-corrected chi connectivity index (χ4v) is 3.45. The largest absolute Gasteiger partial charge is 0.481 e. The zero-order valence-corrected chi connectivity index (χ0v) is 19.4. The number of unbranched alkanes of at least 4 members (excludes halogenated alkanes) is 1. The number of carboxylic acid groups (broad SMARTS) is 1. The third-order valence-electron chi connectivity index (χ3n) is 4.66. The van der Waals surface area contributed by atoms with Crippen LogP contribution in [0.4, 0.5) is 5.69 Å². The maximum absolute atomic E-state index is 12.3. The standard InChI is InChI=1S/C21H28N2O6S.CH4O/c1-2-9-29-13-14-6-7-15(11-20(26)27)16(10-14)22-18(24)5-3-4-8-23-19(25)12-17(30)21(23)28;1-2/h6-7,10,17,30H,2-5,8-9,11-13H2,1H3,(H,22,24)(H,26,27);2H,1H3. The maximum atomic E-state index is 12.3. The van der Waals surface area contributed by atoms with Crippen LogP contribution in [-0.2, 0) is 36.9 Å². The monoisotopic (exact) mass is 468 g/mol. The molecular formula is C22H32N2O7S. The molecule has 178 valence electrons. The van der Waals surface area contributed by atoms with Gasteiger partial charge in [-0.15, -0.1) is 0 Å². The van der Waals surface area contributed by atoms with E-state index in [0.717, 1.165) is 19.1 Å². The first-order valence-corrected chi connectivity index (χ1v) is 11.0. The zero-order chi connectivity index (χ0) is 24.1. The summed E-state index contributed by atoms with van der Waals surface area (Å²) in [6.07, 6.45) is 2.02. The fraction of sp³-hybridized carbons (Fsp3) is 0.545. The van der Waals surface area contributed by atoms with Crippen LogP contribution in [0.2, 0.25) is 0 Å². The first-order chi connectivity index (χ1) is 15.3. The lowest BCUT2D eigenvalue weighted by atomic mass is 10.1. The van der Waals surface area contributed by atoms with E-state index in [1.54, 1.807) is 18.2 Å². The van der Waals surface area contributed by atoms with E-state index in [1.807, 2.05) is 6.92 Å². The predicted molar refractivity (Wildman–Crippen MR) is 122 cm³/mol. The summed E-state index contributed by atoms with van der Waals surface area (Å²) >= 11 is 4.08. The molecule has 1 aromatic carbocycles. The minimum atomic E-state index is -0.983. The van der Waals surface area contributed by atoms with Crippen LogP contribution in [0.5, 0.6) is 0 Å². The molecule has 1 aliphatic rings. The highest BCUT2D eigenvalue weighted by atomic mass is 32.1. The van der Waals surface area contributed by atoms with Crippen LogP contribution >= 0.6 is 12.6 Å². The van der Waals surface area contributed by atoms with Gasteiger partial charge in [-0.25, -0.2) is 0 Å². The van der Waals surface area contributed by atoms with E-state index >= 15 is 0 Å². The molecule has 1 aromatic rings. The Labute approximate surface area is 193 Å². The number of benzene rings is 1. The van der Waals surface area contributed by atoms with Gasteiger partial charge in [0.15, 0.2) is 0 Å². The van der Waals surface area contributed by atoms with E-state index < -0.39 is 11.2 Å². The van der Waals surface area contributed by atoms with Crippen LogP contribution in [0, 0.1) is 0 Å². The summed E-state index contributed by atoms with van der Waals surface area (Å²) in [6, 6.07) is 5.22. The summed E-state index contributed by atoms with van der Waals surface area (Å²) in [5.74, 6) is -1.75. The zero-order valence-electron chi connectivity index (χ0n) is 18.5. The molecule has 0 aromatic heterocycles. The molecule has 1 aliphatic heterocycles. The van der Waals surface area contributed by atoms with Crippen molar-refractivity contribution >= 4 is 42.0 Å². The fourth-order valence-electron chi connectivity index (χ4n) is 3.15. The predicted octanol–water partition coefficient (Wildman–Crippen LogP) is 2.01. The average molecular weight is 469 g/mol. The Balaban J connectivity index is 0.00000249. The summed E-state index contributed by atoms with van der Waals surface area (Å²) in [5, 5.41) is 18.3. The van der Waals surface area contributed by atoms with Crippen LogP contribution in [0.15, 0.2) is 18.2 Å². The number of rotatable bonds is 12. The van der Waals surface area contributed by atoms with Crippen LogP contribution in [0.1, 0.15) is 50.2 Å². The lowest BCUT2D eigenvalue weighted by Gasteiger charge is -2.14. The highest BCUT2D eigenvalue weighted by Gasteiger charge is 2.35. The summed E-state index contributed by atoms with van der Waals surface area (Å²) in [4.78, 5) is 48.2. The Morgan fingerprint density at radius 3 is 2.56 bits per heavy atom. The quantitative estimate of drug-likeness (QED) is 0.209. The summed E-state index contributed by atoms with van der Waals surface area (Å²) in [6.45, 7) is 3.28. The van der Waals surface area contributed by atoms with Crippen LogP contribution in [-0.4, -0.2) is 64.3 Å². The number of hydrogen-bond acceptors (Lipinski definition) is 7. The van der Waals surface area contributed by atoms with E-state index in [2.05, 4.69) is 17.9 Å². The number of aliphatic carboxylic acids is 1. The molecule has 0 bridgehead atoms. The lowest BCUT2D eigenvalue weighted by molar-refractivity contribution is -0.138. The van der Waals surface area contributed by atoms with Crippen molar-refractivity contribution in [2.45, 2.75) is 57.3 Å². The van der Waals surface area contributed by atoms with Gasteiger partial charge in [-0.2, -0.15) is 12.6 Å². The molecule has 10 heteroatoms. The number of imide groups is 1. The number of carbonyl (C=O) groups excluding carboxylic acids is 3. The number of carboxylic acids is 1. The van der Waals surface area contributed by atoms with E-state index in [1.165, 1.54) is 4.90 Å². The van der Waals surface area contributed by atoms with Crippen LogP contribution < -0.4 is 5.32 Å². The van der Waals surface area contributed by atoms with Crippen LogP contribution in [0.3, 0.4) is 0 Å². The highest BCUT2D eigenvalue weighted by molar-refractivity contribution is 7.81. The number of carbonyl (C=O) groups is 4. The third-order valence-corrected chi connectivity index (χ3v) is 5.07. The van der Waals surface area contributed by atoms with Gasteiger partial charge < -0.3 is 20.3 Å². The number of amides is 3. The molecule has 32 heavy (non-hydrogen) atoms. The second kappa shape index (κ2) is 14.6. The lowest BCUT2D eigenvalue weighted by Crippen LogP contribution is -2.31. The van der Waals surface area contributed by atoms with Crippen molar-refractivity contribution in [1.29, 1.82) is 0 Å². The molecular weight excluding hydrogens is 436 g/mol. The molecule has 1 fully saturated rings. The van der Waals surface area contributed by atoms with Crippen molar-refractivity contribution in [1.82, 2.24) is 4.90 Å². The molecule has 0 spiro atoms. The molecule has 2 rings (SSSR count). The maximum Gasteiger partial charge on any atom is 0.307 e. The molecule has 3 amide bonds. The molecule has 0 aliphatic carbocycles. The number of likely N-dealkylation sites (tertiary alicyclic amines) is 1. The Hall–Kier alpha value is -2.43. The van der Waals surface area contributed by atoms with Gasteiger partial charge in [-0.3, -0.25) is 24.1 Å². The number of hydrogen-bond donors (Lipinski definition) is 4. The average Bonchev–Trinajstić information content (AvgIpc) is 3.00. The number of ether oxygens (including phenoxy) is 1. The minimum absolute atomic E-state index is 0.118. The molecule has 0 radical (unpaired) electrons. The molecule has 1 unspecified atom stereocenters. The van der Waals surface area contributed by atoms with Gasteiger partial charge in [0.2, 0.25) is 17.7 Å². The molecule has 0 saturated carbocycles. The smallest absolute Gasteiger partial charge is 0.307 e. The third kappa shape index (κ3) is 8.97. The Bertz CT molecular complexity index is 800. The van der Waals surface area contributed by atoms with Gasteiger partial charge >= 0.3 is 5.97 Å². The number of aliphatic hydroxyl groups is 1. The number of anilines is 1. The van der Waals surface area contributed by atoms with Crippen molar-refractivity contribution in [2.24, 2.45) is 0 Å². The second-order valence-electron chi connectivity index (χ2n) is 7.22. The van der Waals surface area contributed by atoms with Gasteiger partial charge in [-0.1, -0.05) is 19.1 Å². The van der Waals surface area contributed by atoms with Crippen molar-refractivity contribution in [3.05, 3.63) is 29.3 Å². The van der Waals surface area contributed by atoms with Gasteiger partial charge in [0.05, 0.1) is 18.3 Å². The Kier molecular flexibility index (Phi) is 12.6. The summed E-state index contributed by atoms with van der Waals surface area (Å²) < 4.78 is 5.51. The molecule has 9 nitrogen and oxygen atoms in total. The summed E-state index contributed by atoms with van der Waals surface area (Å²) in [5.41, 5.74) is 1.83. The van der Waals surface area contributed by atoms with Crippen LogP contribution in [0.25, 0.3) is 0 Å². The molecule has 3 N–H and O–H groups in total. The summed E-state index contributed by atoms with van der Waals surface area (Å²) in [7, 11) is 1.00.